The van der Waals surface area contributed by atoms with E-state index in [9.17, 15) is 14.9 Å². The molecule has 1 N–H and O–H groups in total. The number of methoxy groups -OCH3 is 1. The van der Waals surface area contributed by atoms with Crippen LogP contribution in [0, 0.1) is 10.1 Å². The van der Waals surface area contributed by atoms with Gasteiger partial charge in [0.25, 0.3) is 5.91 Å². The smallest absolute Gasteiger partial charge is 0.311 e. The SMILES string of the molecule is CCc1ccc(C2CNCCN2C(=O)COc2ccc([N+](=O)[O-])c(OC)c2)cc1. The van der Waals surface area contributed by atoms with E-state index in [1.165, 1.54) is 30.9 Å². The lowest BCUT2D eigenvalue weighted by Gasteiger charge is -2.36. The molecule has 0 saturated carbocycles. The van der Waals surface area contributed by atoms with Crippen LogP contribution in [0.25, 0.3) is 0 Å². The Morgan fingerprint density at radius 2 is 2.03 bits per heavy atom. The lowest BCUT2D eigenvalue weighted by atomic mass is 10.0. The van der Waals surface area contributed by atoms with Crippen molar-refractivity contribution in [2.24, 2.45) is 0 Å². The molecule has 1 atom stereocenters. The summed E-state index contributed by atoms with van der Waals surface area (Å²) in [6, 6.07) is 12.5. The maximum Gasteiger partial charge on any atom is 0.311 e. The molecular weight excluding hydrogens is 374 g/mol. The third-order valence-electron chi connectivity index (χ3n) is 5.05. The van der Waals surface area contributed by atoms with Crippen LogP contribution >= 0.6 is 0 Å². The van der Waals surface area contributed by atoms with Crippen LogP contribution < -0.4 is 14.8 Å². The fraction of sp³-hybridized carbons (Fsp3) is 0.381. The van der Waals surface area contributed by atoms with Crippen LogP contribution in [0.5, 0.6) is 11.5 Å². The van der Waals surface area contributed by atoms with Crippen molar-refractivity contribution in [2.45, 2.75) is 19.4 Å². The number of amides is 1. The van der Waals surface area contributed by atoms with E-state index >= 15 is 0 Å². The minimum Gasteiger partial charge on any atom is -0.490 e. The molecule has 8 heteroatoms. The van der Waals surface area contributed by atoms with Gasteiger partial charge in [0.2, 0.25) is 5.75 Å². The van der Waals surface area contributed by atoms with Gasteiger partial charge in [0.05, 0.1) is 18.1 Å². The van der Waals surface area contributed by atoms with Gasteiger partial charge >= 0.3 is 5.69 Å². The summed E-state index contributed by atoms with van der Waals surface area (Å²) < 4.78 is 10.6. The number of rotatable bonds is 7. The molecule has 1 heterocycles. The van der Waals surface area contributed by atoms with E-state index in [4.69, 9.17) is 9.47 Å². The predicted octanol–water partition coefficient (Wildman–Crippen LogP) is 2.72. The minimum atomic E-state index is -0.525. The molecule has 0 radical (unpaired) electrons. The Balaban J connectivity index is 1.69. The maximum atomic E-state index is 12.8. The van der Waals surface area contributed by atoms with E-state index in [0.717, 1.165) is 18.5 Å². The zero-order valence-electron chi connectivity index (χ0n) is 16.6. The second-order valence-corrected chi connectivity index (χ2v) is 6.78. The average Bonchev–Trinajstić information content (AvgIpc) is 2.77. The third-order valence-corrected chi connectivity index (χ3v) is 5.05. The molecule has 3 rings (SSSR count). The van der Waals surface area contributed by atoms with Crippen molar-refractivity contribution in [3.8, 4) is 11.5 Å². The predicted molar refractivity (Wildman–Crippen MR) is 108 cm³/mol. The van der Waals surface area contributed by atoms with Crippen LogP contribution in [0.1, 0.15) is 24.1 Å². The molecule has 1 aliphatic heterocycles. The molecule has 1 amide bonds. The zero-order valence-corrected chi connectivity index (χ0v) is 16.6. The highest BCUT2D eigenvalue weighted by molar-refractivity contribution is 5.78. The Morgan fingerprint density at radius 3 is 2.69 bits per heavy atom. The summed E-state index contributed by atoms with van der Waals surface area (Å²) in [5.74, 6) is 0.309. The molecular formula is C21H25N3O5. The number of benzene rings is 2. The van der Waals surface area contributed by atoms with Crippen molar-refractivity contribution in [2.75, 3.05) is 33.4 Å². The third kappa shape index (κ3) is 4.83. The Hall–Kier alpha value is -3.13. The van der Waals surface area contributed by atoms with Crippen molar-refractivity contribution in [3.05, 3.63) is 63.7 Å². The number of carbonyl (C=O) groups excluding carboxylic acids is 1. The molecule has 1 fully saturated rings. The van der Waals surface area contributed by atoms with Crippen molar-refractivity contribution < 1.29 is 19.2 Å². The van der Waals surface area contributed by atoms with Gasteiger partial charge in [-0.2, -0.15) is 0 Å². The number of piperazine rings is 1. The Bertz CT molecular complexity index is 869. The Morgan fingerprint density at radius 1 is 1.28 bits per heavy atom. The average molecular weight is 399 g/mol. The molecule has 0 spiro atoms. The summed E-state index contributed by atoms with van der Waals surface area (Å²) in [4.78, 5) is 25.1. The largest absolute Gasteiger partial charge is 0.490 e. The summed E-state index contributed by atoms with van der Waals surface area (Å²) >= 11 is 0. The van der Waals surface area contributed by atoms with Crippen LogP contribution in [0.2, 0.25) is 0 Å². The highest BCUT2D eigenvalue weighted by Crippen LogP contribution is 2.31. The molecule has 29 heavy (non-hydrogen) atoms. The molecule has 0 aromatic heterocycles. The Labute approximate surface area is 169 Å². The highest BCUT2D eigenvalue weighted by Gasteiger charge is 2.28. The summed E-state index contributed by atoms with van der Waals surface area (Å²) in [6.07, 6.45) is 0.971. The van der Waals surface area contributed by atoms with Gasteiger partial charge in [0.1, 0.15) is 5.75 Å². The molecule has 0 aliphatic carbocycles. The van der Waals surface area contributed by atoms with E-state index in [-0.39, 0.29) is 30.0 Å². The highest BCUT2D eigenvalue weighted by atomic mass is 16.6. The number of nitro benzene ring substituents is 1. The first-order valence-corrected chi connectivity index (χ1v) is 9.57. The van der Waals surface area contributed by atoms with Crippen LogP contribution in [0.15, 0.2) is 42.5 Å². The number of carbonyl (C=O) groups is 1. The van der Waals surface area contributed by atoms with Crippen LogP contribution in [-0.2, 0) is 11.2 Å². The molecule has 2 aromatic carbocycles. The summed E-state index contributed by atoms with van der Waals surface area (Å²) in [7, 11) is 1.35. The molecule has 1 saturated heterocycles. The first kappa shape index (κ1) is 20.6. The van der Waals surface area contributed by atoms with Gasteiger partial charge in [-0.05, 0) is 23.6 Å². The van der Waals surface area contributed by atoms with Crippen molar-refractivity contribution in [1.82, 2.24) is 10.2 Å². The van der Waals surface area contributed by atoms with Crippen LogP contribution in [-0.4, -0.2) is 49.1 Å². The number of hydrogen-bond donors (Lipinski definition) is 1. The molecule has 8 nitrogen and oxygen atoms in total. The molecule has 1 aliphatic rings. The maximum absolute atomic E-state index is 12.8. The van der Waals surface area contributed by atoms with Gasteiger partial charge in [-0.3, -0.25) is 14.9 Å². The molecule has 1 unspecified atom stereocenters. The number of aryl methyl sites for hydroxylation is 1. The number of nitrogens with one attached hydrogen (secondary N) is 1. The zero-order chi connectivity index (χ0) is 20.8. The van der Waals surface area contributed by atoms with Gasteiger partial charge in [-0.25, -0.2) is 0 Å². The summed E-state index contributed by atoms with van der Waals surface area (Å²) in [5.41, 5.74) is 2.19. The first-order chi connectivity index (χ1) is 14.0. The number of ether oxygens (including phenoxy) is 2. The van der Waals surface area contributed by atoms with Gasteiger partial charge in [0.15, 0.2) is 6.61 Å². The van der Waals surface area contributed by atoms with E-state index < -0.39 is 4.92 Å². The van der Waals surface area contributed by atoms with E-state index in [2.05, 4.69) is 36.5 Å². The molecule has 0 bridgehead atoms. The van der Waals surface area contributed by atoms with E-state index in [1.54, 1.807) is 0 Å². The lowest BCUT2D eigenvalue weighted by Crippen LogP contribution is -2.50. The first-order valence-electron chi connectivity index (χ1n) is 9.57. The molecule has 2 aromatic rings. The quantitative estimate of drug-likeness (QED) is 0.568. The van der Waals surface area contributed by atoms with E-state index in [1.807, 2.05) is 4.90 Å². The number of nitro groups is 1. The molecule has 154 valence electrons. The number of nitrogens with zero attached hydrogens (tertiary/aromatic N) is 2. The summed E-state index contributed by atoms with van der Waals surface area (Å²) in [5, 5.41) is 14.3. The fourth-order valence-electron chi connectivity index (χ4n) is 3.40. The second kappa shape index (κ2) is 9.38. The van der Waals surface area contributed by atoms with Crippen molar-refractivity contribution in [3.63, 3.8) is 0 Å². The number of hydrogen-bond acceptors (Lipinski definition) is 6. The van der Waals surface area contributed by atoms with Gasteiger partial charge < -0.3 is 19.7 Å². The monoisotopic (exact) mass is 399 g/mol. The fourth-order valence-corrected chi connectivity index (χ4v) is 3.40. The van der Waals surface area contributed by atoms with Crippen molar-refractivity contribution >= 4 is 11.6 Å². The van der Waals surface area contributed by atoms with E-state index in [0.29, 0.717) is 18.8 Å². The van der Waals surface area contributed by atoms with Crippen molar-refractivity contribution in [1.29, 1.82) is 0 Å². The van der Waals surface area contributed by atoms with Crippen LogP contribution in [0.4, 0.5) is 5.69 Å². The summed E-state index contributed by atoms with van der Waals surface area (Å²) in [6.45, 7) is 3.96. The topological polar surface area (TPSA) is 93.9 Å². The standard InChI is InChI=1S/C21H25N3O5/c1-3-15-4-6-16(7-5-15)19-13-22-10-11-23(19)21(25)14-29-17-8-9-18(24(26)27)20(12-17)28-2/h4-9,12,19,22H,3,10-11,13-14H2,1-2H3. The minimum absolute atomic E-state index is 0.0582. The van der Waals surface area contributed by atoms with Gasteiger partial charge in [-0.15, -0.1) is 0 Å². The second-order valence-electron chi connectivity index (χ2n) is 6.78. The normalized spacial score (nSPS) is 16.3. The van der Waals surface area contributed by atoms with Gasteiger partial charge in [-0.1, -0.05) is 31.2 Å². The van der Waals surface area contributed by atoms with Crippen LogP contribution in [0.3, 0.4) is 0 Å². The lowest BCUT2D eigenvalue weighted by molar-refractivity contribution is -0.385. The van der Waals surface area contributed by atoms with Gasteiger partial charge in [0, 0.05) is 31.8 Å². The Kier molecular flexibility index (Phi) is 6.66.